The largest absolute Gasteiger partial charge is 0.573 e. The molecule has 8 heteroatoms. The van der Waals surface area contributed by atoms with Gasteiger partial charge >= 0.3 is 6.36 Å². The molecule has 0 aliphatic rings. The summed E-state index contributed by atoms with van der Waals surface area (Å²) in [5.41, 5.74) is 7.00. The van der Waals surface area contributed by atoms with Gasteiger partial charge in [0, 0.05) is 12.5 Å². The van der Waals surface area contributed by atoms with Crippen LogP contribution >= 0.6 is 11.3 Å². The Kier molecular flexibility index (Phi) is 5.49. The number of guanidine groups is 1. The number of hydrogen-bond donors (Lipinski definition) is 2. The van der Waals surface area contributed by atoms with Crippen molar-refractivity contribution in [3.05, 3.63) is 46.7 Å². The van der Waals surface area contributed by atoms with Gasteiger partial charge in [0.2, 0.25) is 0 Å². The zero-order valence-electron chi connectivity index (χ0n) is 12.3. The standard InChI is InChI=1S/C15H16F3N3OS/c1-10(11-6-7-23-9-11)8-20-14(19)21-12-4-2-3-5-13(12)22-15(16,17)18/h2-7,9-10H,8H2,1H3,(H3,19,20,21). The number of anilines is 1. The number of para-hydroxylation sites is 2. The highest BCUT2D eigenvalue weighted by Gasteiger charge is 2.32. The molecule has 0 saturated carbocycles. The minimum atomic E-state index is -4.77. The molecule has 1 heterocycles. The lowest BCUT2D eigenvalue weighted by Crippen LogP contribution is -2.25. The molecule has 124 valence electrons. The van der Waals surface area contributed by atoms with E-state index in [1.807, 2.05) is 23.8 Å². The zero-order chi connectivity index (χ0) is 16.9. The molecule has 2 rings (SSSR count). The molecule has 2 aromatic rings. The number of benzene rings is 1. The van der Waals surface area contributed by atoms with Gasteiger partial charge in [-0.3, -0.25) is 4.99 Å². The van der Waals surface area contributed by atoms with Gasteiger partial charge in [-0.2, -0.15) is 11.3 Å². The lowest BCUT2D eigenvalue weighted by molar-refractivity contribution is -0.274. The van der Waals surface area contributed by atoms with Gasteiger partial charge in [-0.25, -0.2) is 0 Å². The molecule has 1 atom stereocenters. The molecule has 1 aromatic heterocycles. The van der Waals surface area contributed by atoms with E-state index in [1.165, 1.54) is 18.2 Å². The second kappa shape index (κ2) is 7.36. The SMILES string of the molecule is CC(CN=C(N)Nc1ccccc1OC(F)(F)F)c1ccsc1. The van der Waals surface area contributed by atoms with Crippen molar-refractivity contribution in [3.8, 4) is 5.75 Å². The van der Waals surface area contributed by atoms with E-state index in [9.17, 15) is 13.2 Å². The third kappa shape index (κ3) is 5.48. The quantitative estimate of drug-likeness (QED) is 0.632. The maximum absolute atomic E-state index is 12.4. The molecular formula is C15H16F3N3OS. The Bertz CT molecular complexity index is 656. The summed E-state index contributed by atoms with van der Waals surface area (Å²) in [5, 5.41) is 6.64. The Morgan fingerprint density at radius 3 is 2.74 bits per heavy atom. The van der Waals surface area contributed by atoms with E-state index < -0.39 is 6.36 Å². The predicted octanol–water partition coefficient (Wildman–Crippen LogP) is 4.18. The molecule has 1 unspecified atom stereocenters. The van der Waals surface area contributed by atoms with Crippen LogP contribution in [0, 0.1) is 0 Å². The van der Waals surface area contributed by atoms with Gasteiger partial charge in [-0.15, -0.1) is 13.2 Å². The van der Waals surface area contributed by atoms with Crippen LogP contribution in [0.2, 0.25) is 0 Å². The first kappa shape index (κ1) is 17.1. The van der Waals surface area contributed by atoms with Crippen LogP contribution < -0.4 is 15.8 Å². The normalized spacial score (nSPS) is 13.7. The number of hydrogen-bond acceptors (Lipinski definition) is 3. The van der Waals surface area contributed by atoms with Gasteiger partial charge in [0.1, 0.15) is 0 Å². The second-order valence-corrected chi connectivity index (χ2v) is 5.63. The first-order valence-corrected chi connectivity index (χ1v) is 7.73. The molecule has 0 aliphatic heterocycles. The summed E-state index contributed by atoms with van der Waals surface area (Å²) in [4.78, 5) is 4.16. The fourth-order valence-electron chi connectivity index (χ4n) is 1.86. The monoisotopic (exact) mass is 343 g/mol. The van der Waals surface area contributed by atoms with Gasteiger partial charge in [-0.05, 0) is 34.5 Å². The lowest BCUT2D eigenvalue weighted by Gasteiger charge is -2.14. The van der Waals surface area contributed by atoms with Crippen molar-refractivity contribution in [3.63, 3.8) is 0 Å². The molecular weight excluding hydrogens is 327 g/mol. The van der Waals surface area contributed by atoms with Crippen LogP contribution in [0.15, 0.2) is 46.1 Å². The highest BCUT2D eigenvalue weighted by molar-refractivity contribution is 7.07. The number of nitrogens with zero attached hydrogens (tertiary/aromatic N) is 1. The molecule has 0 spiro atoms. The molecule has 4 nitrogen and oxygen atoms in total. The van der Waals surface area contributed by atoms with Crippen molar-refractivity contribution in [1.29, 1.82) is 0 Å². The maximum Gasteiger partial charge on any atom is 0.573 e. The van der Waals surface area contributed by atoms with Crippen molar-refractivity contribution in [2.45, 2.75) is 19.2 Å². The van der Waals surface area contributed by atoms with Gasteiger partial charge in [0.15, 0.2) is 11.7 Å². The number of nitrogens with two attached hydrogens (primary N) is 1. The first-order valence-electron chi connectivity index (χ1n) is 6.79. The second-order valence-electron chi connectivity index (χ2n) is 4.85. The van der Waals surface area contributed by atoms with Crippen LogP contribution in [0.4, 0.5) is 18.9 Å². The summed E-state index contributed by atoms with van der Waals surface area (Å²) in [6.07, 6.45) is -4.77. The first-order chi connectivity index (χ1) is 10.8. The number of alkyl halides is 3. The van der Waals surface area contributed by atoms with Gasteiger partial charge in [-0.1, -0.05) is 19.1 Å². The van der Waals surface area contributed by atoms with Crippen molar-refractivity contribution >= 4 is 23.0 Å². The van der Waals surface area contributed by atoms with Crippen molar-refractivity contribution < 1.29 is 17.9 Å². The van der Waals surface area contributed by atoms with Crippen LogP contribution in [0.3, 0.4) is 0 Å². The van der Waals surface area contributed by atoms with E-state index in [0.29, 0.717) is 6.54 Å². The number of nitrogens with one attached hydrogen (secondary N) is 1. The molecule has 3 N–H and O–H groups in total. The van der Waals surface area contributed by atoms with E-state index in [0.717, 1.165) is 5.56 Å². The summed E-state index contributed by atoms with van der Waals surface area (Å²) >= 11 is 1.59. The Morgan fingerprint density at radius 1 is 1.35 bits per heavy atom. The van der Waals surface area contributed by atoms with Gasteiger partial charge in [0.25, 0.3) is 0 Å². The summed E-state index contributed by atoms with van der Waals surface area (Å²) < 4.78 is 41.0. The zero-order valence-corrected chi connectivity index (χ0v) is 13.1. The molecule has 0 bridgehead atoms. The highest BCUT2D eigenvalue weighted by Crippen LogP contribution is 2.29. The fraction of sp³-hybridized carbons (Fsp3) is 0.267. The Hall–Kier alpha value is -2.22. The molecule has 0 saturated heterocycles. The van der Waals surface area contributed by atoms with Crippen LogP contribution in [0.5, 0.6) is 5.75 Å². The molecule has 23 heavy (non-hydrogen) atoms. The van der Waals surface area contributed by atoms with Crippen LogP contribution in [-0.4, -0.2) is 18.9 Å². The number of aliphatic imine (C=N–C) groups is 1. The van der Waals surface area contributed by atoms with Crippen LogP contribution in [-0.2, 0) is 0 Å². The number of rotatable bonds is 5. The third-order valence-corrected chi connectivity index (χ3v) is 3.72. The Labute approximate surface area is 135 Å². The van der Waals surface area contributed by atoms with Crippen molar-refractivity contribution in [2.24, 2.45) is 10.7 Å². The van der Waals surface area contributed by atoms with Crippen LogP contribution in [0.1, 0.15) is 18.4 Å². The van der Waals surface area contributed by atoms with Crippen LogP contribution in [0.25, 0.3) is 0 Å². The van der Waals surface area contributed by atoms with E-state index in [4.69, 9.17) is 5.73 Å². The Morgan fingerprint density at radius 2 is 2.09 bits per heavy atom. The topological polar surface area (TPSA) is 59.6 Å². The van der Waals surface area contributed by atoms with E-state index in [2.05, 4.69) is 15.0 Å². The minimum Gasteiger partial charge on any atom is -0.404 e. The van der Waals surface area contributed by atoms with E-state index in [-0.39, 0.29) is 23.3 Å². The lowest BCUT2D eigenvalue weighted by atomic mass is 10.1. The molecule has 0 fully saturated rings. The highest BCUT2D eigenvalue weighted by atomic mass is 32.1. The summed E-state index contributed by atoms with van der Waals surface area (Å²) in [6.45, 7) is 2.43. The smallest absolute Gasteiger partial charge is 0.404 e. The third-order valence-electron chi connectivity index (χ3n) is 3.02. The summed E-state index contributed by atoms with van der Waals surface area (Å²) in [6, 6.07) is 7.66. The average molecular weight is 343 g/mol. The number of halogens is 3. The summed E-state index contributed by atoms with van der Waals surface area (Å²) in [5.74, 6) is -0.155. The maximum atomic E-state index is 12.4. The fourth-order valence-corrected chi connectivity index (χ4v) is 2.64. The molecule has 1 aromatic carbocycles. The minimum absolute atomic E-state index is 0.0327. The van der Waals surface area contributed by atoms with Crippen molar-refractivity contribution in [1.82, 2.24) is 0 Å². The predicted molar refractivity (Wildman–Crippen MR) is 86.0 cm³/mol. The molecule has 0 aliphatic carbocycles. The molecule has 0 radical (unpaired) electrons. The Balaban J connectivity index is 2.02. The number of ether oxygens (including phenoxy) is 1. The van der Waals surface area contributed by atoms with Crippen molar-refractivity contribution in [2.75, 3.05) is 11.9 Å². The molecule has 0 amide bonds. The van der Waals surface area contributed by atoms with E-state index >= 15 is 0 Å². The number of thiophene rings is 1. The summed E-state index contributed by atoms with van der Waals surface area (Å²) in [7, 11) is 0. The average Bonchev–Trinajstić information content (AvgIpc) is 2.99. The van der Waals surface area contributed by atoms with Gasteiger partial charge < -0.3 is 15.8 Å². The van der Waals surface area contributed by atoms with E-state index in [1.54, 1.807) is 17.4 Å². The van der Waals surface area contributed by atoms with Gasteiger partial charge in [0.05, 0.1) is 5.69 Å².